The van der Waals surface area contributed by atoms with Crippen LogP contribution in [0.5, 0.6) is 17.2 Å². The van der Waals surface area contributed by atoms with E-state index in [-0.39, 0.29) is 17.8 Å². The summed E-state index contributed by atoms with van der Waals surface area (Å²) in [6.45, 7) is 6.27. The Balaban J connectivity index is 1.16. The Kier molecular flexibility index (Phi) is 6.87. The number of likely N-dealkylation sites (tertiary alicyclic amines) is 1. The summed E-state index contributed by atoms with van der Waals surface area (Å²) in [6.07, 6.45) is 1.97. The first-order valence-electron chi connectivity index (χ1n) is 12.1. The fourth-order valence-corrected chi connectivity index (χ4v) is 5.18. The summed E-state index contributed by atoms with van der Waals surface area (Å²) in [7, 11) is 1.61. The van der Waals surface area contributed by atoms with E-state index < -0.39 is 0 Å². The van der Waals surface area contributed by atoms with Gasteiger partial charge < -0.3 is 19.1 Å². The molecule has 2 saturated heterocycles. The number of rotatable bonds is 6. The molecule has 8 heteroatoms. The van der Waals surface area contributed by atoms with Gasteiger partial charge in [-0.1, -0.05) is 6.07 Å². The highest BCUT2D eigenvalue weighted by Crippen LogP contribution is 2.38. The molecule has 1 atom stereocenters. The van der Waals surface area contributed by atoms with Gasteiger partial charge in [0.05, 0.1) is 19.7 Å². The maximum absolute atomic E-state index is 13.7. The number of piperazine rings is 1. The number of benzene rings is 2. The van der Waals surface area contributed by atoms with Gasteiger partial charge in [0, 0.05) is 44.8 Å². The molecular weight excluding hydrogens is 437 g/mol. The van der Waals surface area contributed by atoms with E-state index in [0.29, 0.717) is 32.1 Å². The minimum atomic E-state index is -0.252. The van der Waals surface area contributed by atoms with E-state index in [2.05, 4.69) is 15.9 Å². The van der Waals surface area contributed by atoms with Crippen molar-refractivity contribution in [2.24, 2.45) is 0 Å². The number of halogens is 1. The van der Waals surface area contributed by atoms with Crippen molar-refractivity contribution in [2.45, 2.75) is 25.4 Å². The van der Waals surface area contributed by atoms with Crippen LogP contribution in [-0.4, -0.2) is 80.2 Å². The molecule has 1 amide bonds. The molecule has 0 N–H and O–H groups in total. The maximum atomic E-state index is 13.7. The smallest absolute Gasteiger partial charge is 0.237 e. The lowest BCUT2D eigenvalue weighted by Crippen LogP contribution is -2.49. The molecule has 34 heavy (non-hydrogen) atoms. The third-order valence-corrected chi connectivity index (χ3v) is 6.98. The molecule has 2 fully saturated rings. The number of nitrogens with zero attached hydrogens (tertiary/aromatic N) is 3. The van der Waals surface area contributed by atoms with Crippen LogP contribution in [0.2, 0.25) is 0 Å². The summed E-state index contributed by atoms with van der Waals surface area (Å²) in [5.74, 6) is 2.18. The Bertz CT molecular complexity index is 1030. The monoisotopic (exact) mass is 469 g/mol. The van der Waals surface area contributed by atoms with Gasteiger partial charge in [-0.15, -0.1) is 0 Å². The lowest BCUT2D eigenvalue weighted by molar-refractivity contribution is -0.133. The van der Waals surface area contributed by atoms with Crippen LogP contribution in [-0.2, 0) is 11.3 Å². The predicted molar refractivity (Wildman–Crippen MR) is 126 cm³/mol. The van der Waals surface area contributed by atoms with E-state index in [4.69, 9.17) is 14.2 Å². The standard InChI is InChI=1S/C26H32FN3O4/c1-32-23-7-5-21(27)15-20(23)17-28-9-11-29(12-10-28)18-26(31)30-8-2-3-22(30)19-4-6-24-25(16-19)34-14-13-33-24/h4-7,15-16,22H,2-3,8-14,17-18H2,1H3/t22-/m1/s1. The molecule has 3 heterocycles. The Labute approximate surface area is 200 Å². The zero-order chi connectivity index (χ0) is 23.5. The largest absolute Gasteiger partial charge is 0.496 e. The molecule has 2 aromatic carbocycles. The Hall–Kier alpha value is -2.84. The molecule has 0 radical (unpaired) electrons. The average Bonchev–Trinajstić information content (AvgIpc) is 3.35. The van der Waals surface area contributed by atoms with E-state index in [1.54, 1.807) is 19.2 Å². The van der Waals surface area contributed by atoms with Crippen LogP contribution in [0.4, 0.5) is 4.39 Å². The van der Waals surface area contributed by atoms with Crippen LogP contribution in [0.1, 0.15) is 30.0 Å². The third kappa shape index (κ3) is 4.98. The SMILES string of the molecule is COc1ccc(F)cc1CN1CCN(CC(=O)N2CCC[C@@H]2c2ccc3c(c2)OCCO3)CC1. The third-order valence-electron chi connectivity index (χ3n) is 6.98. The van der Waals surface area contributed by atoms with Crippen LogP contribution in [0.15, 0.2) is 36.4 Å². The second-order valence-corrected chi connectivity index (χ2v) is 9.16. The summed E-state index contributed by atoms with van der Waals surface area (Å²) in [5.41, 5.74) is 1.97. The summed E-state index contributed by atoms with van der Waals surface area (Å²) >= 11 is 0. The predicted octanol–water partition coefficient (Wildman–Crippen LogP) is 3.09. The highest BCUT2D eigenvalue weighted by Gasteiger charge is 2.32. The average molecular weight is 470 g/mol. The fraction of sp³-hybridized carbons (Fsp3) is 0.500. The molecule has 2 aromatic rings. The molecule has 0 aromatic heterocycles. The number of ether oxygens (including phenoxy) is 3. The van der Waals surface area contributed by atoms with Gasteiger partial charge in [-0.2, -0.15) is 0 Å². The fourth-order valence-electron chi connectivity index (χ4n) is 5.18. The second kappa shape index (κ2) is 10.2. The molecular formula is C26H32FN3O4. The van der Waals surface area contributed by atoms with E-state index in [9.17, 15) is 9.18 Å². The van der Waals surface area contributed by atoms with Crippen molar-refractivity contribution in [1.82, 2.24) is 14.7 Å². The quantitative estimate of drug-likeness (QED) is 0.648. The van der Waals surface area contributed by atoms with Crippen molar-refractivity contribution in [3.8, 4) is 17.2 Å². The van der Waals surface area contributed by atoms with Gasteiger partial charge >= 0.3 is 0 Å². The normalized spacial score (nSPS) is 21.0. The van der Waals surface area contributed by atoms with Crippen LogP contribution < -0.4 is 14.2 Å². The number of amides is 1. The molecule has 3 aliphatic heterocycles. The summed E-state index contributed by atoms with van der Waals surface area (Å²) < 4.78 is 30.5. The Morgan fingerprint density at radius 1 is 1.00 bits per heavy atom. The zero-order valence-electron chi connectivity index (χ0n) is 19.7. The molecule has 0 aliphatic carbocycles. The van der Waals surface area contributed by atoms with Gasteiger partial charge in [-0.25, -0.2) is 4.39 Å². The van der Waals surface area contributed by atoms with Crippen LogP contribution in [0.3, 0.4) is 0 Å². The highest BCUT2D eigenvalue weighted by atomic mass is 19.1. The van der Waals surface area contributed by atoms with E-state index in [1.165, 1.54) is 6.07 Å². The van der Waals surface area contributed by atoms with Gasteiger partial charge in [0.2, 0.25) is 5.91 Å². The summed E-state index contributed by atoms with van der Waals surface area (Å²) in [5, 5.41) is 0. The van der Waals surface area contributed by atoms with Crippen LogP contribution in [0, 0.1) is 5.82 Å². The van der Waals surface area contributed by atoms with Crippen molar-refractivity contribution in [1.29, 1.82) is 0 Å². The molecule has 7 nitrogen and oxygen atoms in total. The van der Waals surface area contributed by atoms with Crippen molar-refractivity contribution < 1.29 is 23.4 Å². The van der Waals surface area contributed by atoms with E-state index in [0.717, 1.165) is 68.2 Å². The maximum Gasteiger partial charge on any atom is 0.237 e. The van der Waals surface area contributed by atoms with Crippen molar-refractivity contribution in [2.75, 3.05) is 59.6 Å². The second-order valence-electron chi connectivity index (χ2n) is 9.16. The molecule has 182 valence electrons. The first-order valence-corrected chi connectivity index (χ1v) is 12.1. The first-order chi connectivity index (χ1) is 16.6. The van der Waals surface area contributed by atoms with Crippen molar-refractivity contribution in [3.05, 3.63) is 53.3 Å². The Morgan fingerprint density at radius 3 is 2.56 bits per heavy atom. The van der Waals surface area contributed by atoms with Gasteiger partial charge in [-0.05, 0) is 48.7 Å². The topological polar surface area (TPSA) is 54.5 Å². The summed E-state index contributed by atoms with van der Waals surface area (Å²) in [6, 6.07) is 10.8. The number of methoxy groups -OCH3 is 1. The van der Waals surface area contributed by atoms with Crippen molar-refractivity contribution >= 4 is 5.91 Å². The first kappa shape index (κ1) is 22.9. The number of hydrogen-bond acceptors (Lipinski definition) is 6. The molecule has 0 unspecified atom stereocenters. The van der Waals surface area contributed by atoms with Gasteiger partial charge in [0.15, 0.2) is 11.5 Å². The molecule has 0 spiro atoms. The molecule has 3 aliphatic rings. The molecule has 0 bridgehead atoms. The van der Waals surface area contributed by atoms with Gasteiger partial charge in [-0.3, -0.25) is 14.6 Å². The highest BCUT2D eigenvalue weighted by molar-refractivity contribution is 5.79. The number of carbonyl (C=O) groups excluding carboxylic acids is 1. The van der Waals surface area contributed by atoms with Gasteiger partial charge in [0.25, 0.3) is 0 Å². The van der Waals surface area contributed by atoms with Crippen molar-refractivity contribution in [3.63, 3.8) is 0 Å². The van der Waals surface area contributed by atoms with Crippen LogP contribution >= 0.6 is 0 Å². The van der Waals surface area contributed by atoms with Gasteiger partial charge in [0.1, 0.15) is 24.8 Å². The zero-order valence-corrected chi connectivity index (χ0v) is 19.7. The minimum absolute atomic E-state index is 0.0880. The minimum Gasteiger partial charge on any atom is -0.496 e. The summed E-state index contributed by atoms with van der Waals surface area (Å²) in [4.78, 5) is 19.8. The molecule has 0 saturated carbocycles. The number of hydrogen-bond donors (Lipinski definition) is 0. The number of carbonyl (C=O) groups is 1. The lowest BCUT2D eigenvalue weighted by atomic mass is 10.0. The Morgan fingerprint density at radius 2 is 1.76 bits per heavy atom. The van der Waals surface area contributed by atoms with E-state index in [1.807, 2.05) is 17.0 Å². The van der Waals surface area contributed by atoms with E-state index >= 15 is 0 Å². The molecule has 5 rings (SSSR count). The number of fused-ring (bicyclic) bond motifs is 1. The van der Waals surface area contributed by atoms with Crippen LogP contribution in [0.25, 0.3) is 0 Å². The lowest BCUT2D eigenvalue weighted by Gasteiger charge is -2.36.